The first kappa shape index (κ1) is 31.3. The Morgan fingerprint density at radius 2 is 1.54 bits per heavy atom. The molecule has 1 aliphatic carbocycles. The normalized spacial score (nSPS) is 30.9. The molecule has 1 saturated carbocycles. The van der Waals surface area contributed by atoms with E-state index in [1.54, 1.807) is 0 Å². The van der Waals surface area contributed by atoms with E-state index in [4.69, 9.17) is 4.74 Å². The highest BCUT2D eigenvalue weighted by atomic mass is 16.5. The Morgan fingerprint density at radius 1 is 0.949 bits per heavy atom. The number of hydrogen-bond donors (Lipinski definition) is 0. The molecule has 3 aliphatic rings. The minimum atomic E-state index is -1.09. The van der Waals surface area contributed by atoms with Crippen LogP contribution in [0.1, 0.15) is 111 Å². The van der Waals surface area contributed by atoms with E-state index in [9.17, 15) is 24.0 Å². The van der Waals surface area contributed by atoms with E-state index >= 15 is 0 Å². The number of hydrogen-bond acceptors (Lipinski definition) is 7. The predicted molar refractivity (Wildman–Crippen MR) is 147 cm³/mol. The van der Waals surface area contributed by atoms with E-state index in [1.165, 1.54) is 20.5 Å². The van der Waals surface area contributed by atoms with Crippen LogP contribution in [0, 0.1) is 29.1 Å². The lowest BCUT2D eigenvalue weighted by Crippen LogP contribution is -2.48. The van der Waals surface area contributed by atoms with Crippen LogP contribution in [0.25, 0.3) is 0 Å². The minimum Gasteiger partial charge on any atom is -0.469 e. The Labute approximate surface area is 233 Å². The molecule has 2 aliphatic heterocycles. The number of methoxy groups -OCH3 is 1. The molecule has 0 aromatic carbocycles. The maximum absolute atomic E-state index is 14.0. The minimum absolute atomic E-state index is 0.000211. The summed E-state index contributed by atoms with van der Waals surface area (Å²) in [6, 6.07) is -0.499. The Morgan fingerprint density at radius 3 is 2.13 bits per heavy atom. The zero-order chi connectivity index (χ0) is 28.7. The van der Waals surface area contributed by atoms with Crippen molar-refractivity contribution in [3.63, 3.8) is 0 Å². The number of piperidine rings is 1. The fourth-order valence-electron chi connectivity index (χ4n) is 7.02. The van der Waals surface area contributed by atoms with Crippen molar-refractivity contribution < 1.29 is 33.4 Å². The van der Waals surface area contributed by atoms with Gasteiger partial charge in [-0.2, -0.15) is 0 Å². The number of carbonyl (C=O) groups is 5. The summed E-state index contributed by atoms with van der Waals surface area (Å²) in [4.78, 5) is 66.4. The van der Waals surface area contributed by atoms with Gasteiger partial charge in [0.15, 0.2) is 17.7 Å². The fraction of sp³-hybridized carbons (Fsp3) is 0.839. The van der Waals surface area contributed by atoms with Gasteiger partial charge in [-0.1, -0.05) is 72.1 Å². The van der Waals surface area contributed by atoms with Crippen molar-refractivity contribution in [1.82, 2.24) is 4.90 Å². The number of ether oxygens (including phenoxy) is 2. The highest BCUT2D eigenvalue weighted by Crippen LogP contribution is 2.65. The van der Waals surface area contributed by atoms with Crippen LogP contribution in [0.2, 0.25) is 0 Å². The van der Waals surface area contributed by atoms with Crippen LogP contribution in [0.5, 0.6) is 0 Å². The third-order valence-corrected chi connectivity index (χ3v) is 9.51. The second-order valence-corrected chi connectivity index (χ2v) is 12.7. The topological polar surface area (TPSA) is 107 Å². The molecule has 1 amide bonds. The fourth-order valence-corrected chi connectivity index (χ4v) is 7.02. The number of carbonyl (C=O) groups excluding carboxylic acids is 5. The summed E-state index contributed by atoms with van der Waals surface area (Å²) in [5.41, 5.74) is 0.000211. The van der Waals surface area contributed by atoms with Crippen LogP contribution in [0.4, 0.5) is 0 Å². The first-order valence-electron chi connectivity index (χ1n) is 15.1. The SMILES string of the molecule is COC(=O)CCC(=O)C(OC(C)=O)[C@@H]1CCCCCCCCCC[C@H](C)C(=O)N2C[C@H]3[C@@H]([C@H]2C(=O)C1)C3(C)C. The van der Waals surface area contributed by atoms with Gasteiger partial charge in [0.1, 0.15) is 0 Å². The number of rotatable bonds is 6. The Balaban J connectivity index is 1.86. The first-order chi connectivity index (χ1) is 18.5. The smallest absolute Gasteiger partial charge is 0.305 e. The van der Waals surface area contributed by atoms with Crippen molar-refractivity contribution in [2.45, 2.75) is 123 Å². The highest BCUT2D eigenvalue weighted by Gasteiger charge is 2.69. The molecule has 8 heteroatoms. The quantitative estimate of drug-likeness (QED) is 0.428. The molecule has 8 nitrogen and oxygen atoms in total. The van der Waals surface area contributed by atoms with Crippen LogP contribution in [-0.4, -0.2) is 60.1 Å². The first-order valence-corrected chi connectivity index (χ1v) is 15.1. The van der Waals surface area contributed by atoms with E-state index < -0.39 is 30.0 Å². The van der Waals surface area contributed by atoms with E-state index in [0.29, 0.717) is 18.9 Å². The van der Waals surface area contributed by atoms with Crippen molar-refractivity contribution in [3.8, 4) is 0 Å². The number of amides is 1. The molecule has 0 spiro atoms. The average molecular weight is 548 g/mol. The van der Waals surface area contributed by atoms with Gasteiger partial charge in [-0.05, 0) is 30.1 Å². The van der Waals surface area contributed by atoms with Gasteiger partial charge < -0.3 is 14.4 Å². The van der Waals surface area contributed by atoms with Gasteiger partial charge in [0.05, 0.1) is 19.6 Å². The van der Waals surface area contributed by atoms with Crippen LogP contribution < -0.4 is 0 Å². The predicted octanol–water partition coefficient (Wildman–Crippen LogP) is 5.05. The lowest BCUT2D eigenvalue weighted by Gasteiger charge is -2.33. The van der Waals surface area contributed by atoms with Gasteiger partial charge in [0, 0.05) is 38.1 Å². The molecule has 2 heterocycles. The molecule has 0 N–H and O–H groups in total. The van der Waals surface area contributed by atoms with E-state index in [0.717, 1.165) is 51.4 Å². The third kappa shape index (κ3) is 7.91. The van der Waals surface area contributed by atoms with Gasteiger partial charge in [0.25, 0.3) is 0 Å². The van der Waals surface area contributed by atoms with Crippen molar-refractivity contribution in [1.29, 1.82) is 0 Å². The van der Waals surface area contributed by atoms with Crippen LogP contribution in [0.3, 0.4) is 0 Å². The lowest BCUT2D eigenvalue weighted by atomic mass is 9.84. The summed E-state index contributed by atoms with van der Waals surface area (Å²) >= 11 is 0. The number of esters is 2. The van der Waals surface area contributed by atoms with Gasteiger partial charge in [0.2, 0.25) is 5.91 Å². The standard InChI is InChI=1S/C31H49NO7/c1-20-14-12-10-8-6-7-9-11-13-15-22(29(39-21(2)33)24(34)16-17-26(36)38-5)18-25(35)28-27-23(31(27,3)4)19-32(28)30(20)37/h20,22-23,27-29H,6-19H2,1-5H3/t20-,22+,23-,27-,28+,29?/m0/s1. The molecule has 3 fully saturated rings. The van der Waals surface area contributed by atoms with E-state index in [1.807, 2.05) is 11.8 Å². The zero-order valence-corrected chi connectivity index (χ0v) is 24.7. The van der Waals surface area contributed by atoms with Crippen molar-refractivity contribution >= 4 is 29.4 Å². The highest BCUT2D eigenvalue weighted by molar-refractivity contribution is 5.93. The van der Waals surface area contributed by atoms with Crippen molar-refractivity contribution in [2.24, 2.45) is 29.1 Å². The van der Waals surface area contributed by atoms with Gasteiger partial charge in [-0.25, -0.2) is 0 Å². The summed E-state index contributed by atoms with van der Waals surface area (Å²) in [7, 11) is 1.26. The Bertz CT molecular complexity index is 913. The number of nitrogens with zero attached hydrogens (tertiary/aromatic N) is 1. The summed E-state index contributed by atoms with van der Waals surface area (Å²) in [6.45, 7) is 8.18. The molecule has 2 saturated heterocycles. The molecule has 0 aromatic heterocycles. The monoisotopic (exact) mass is 547 g/mol. The molecule has 3 rings (SSSR count). The maximum Gasteiger partial charge on any atom is 0.305 e. The maximum atomic E-state index is 14.0. The van der Waals surface area contributed by atoms with Gasteiger partial charge >= 0.3 is 11.9 Å². The summed E-state index contributed by atoms with van der Waals surface area (Å²) in [5.74, 6) is -1.63. The zero-order valence-electron chi connectivity index (χ0n) is 24.7. The molecule has 0 aromatic rings. The molecule has 0 bridgehead atoms. The molecular weight excluding hydrogens is 498 g/mol. The van der Waals surface area contributed by atoms with Crippen molar-refractivity contribution in [2.75, 3.05) is 13.7 Å². The van der Waals surface area contributed by atoms with Crippen molar-refractivity contribution in [3.05, 3.63) is 0 Å². The van der Waals surface area contributed by atoms with E-state index in [-0.39, 0.29) is 54.0 Å². The molecule has 0 radical (unpaired) electrons. The van der Waals surface area contributed by atoms with Crippen LogP contribution in [-0.2, 0) is 33.4 Å². The lowest BCUT2D eigenvalue weighted by molar-refractivity contribution is -0.158. The second-order valence-electron chi connectivity index (χ2n) is 12.7. The number of ketones is 2. The van der Waals surface area contributed by atoms with Gasteiger partial charge in [-0.15, -0.1) is 0 Å². The summed E-state index contributed by atoms with van der Waals surface area (Å²) in [6.07, 6.45) is 8.67. The average Bonchev–Trinajstić information content (AvgIpc) is 3.22. The van der Waals surface area contributed by atoms with Crippen LogP contribution in [0.15, 0.2) is 0 Å². The van der Waals surface area contributed by atoms with Crippen LogP contribution >= 0.6 is 0 Å². The molecular formula is C31H49NO7. The Hall–Kier alpha value is -2.25. The summed E-state index contributed by atoms with van der Waals surface area (Å²) < 4.78 is 10.2. The molecule has 220 valence electrons. The van der Waals surface area contributed by atoms with E-state index in [2.05, 4.69) is 18.6 Å². The second kappa shape index (κ2) is 13.9. The largest absolute Gasteiger partial charge is 0.469 e. The number of fused-ring (bicyclic) bond motifs is 3. The Kier molecular flexibility index (Phi) is 11.1. The molecule has 6 atom stereocenters. The van der Waals surface area contributed by atoms with Gasteiger partial charge in [-0.3, -0.25) is 24.0 Å². The molecule has 1 unspecified atom stereocenters. The third-order valence-electron chi connectivity index (χ3n) is 9.51. The number of Topliss-reactive ketones (excluding diaryl/α,β-unsaturated/α-hetero) is 2. The molecule has 39 heavy (non-hydrogen) atoms. The summed E-state index contributed by atoms with van der Waals surface area (Å²) in [5, 5.41) is 0.